The quantitative estimate of drug-likeness (QED) is 0.887. The molecule has 0 aliphatic rings. The molecule has 0 spiro atoms. The fourth-order valence-electron chi connectivity index (χ4n) is 1.90. The highest BCUT2D eigenvalue weighted by molar-refractivity contribution is 6.06. The van der Waals surface area contributed by atoms with E-state index in [4.69, 9.17) is 9.47 Å². The maximum absolute atomic E-state index is 12.4. The van der Waals surface area contributed by atoms with Crippen LogP contribution in [0.15, 0.2) is 30.5 Å². The topological polar surface area (TPSA) is 65.4 Å². The van der Waals surface area contributed by atoms with E-state index in [1.807, 2.05) is 26.0 Å². The number of carbonyl (C=O) groups excluding carboxylic acids is 1. The highest BCUT2D eigenvalue weighted by Gasteiger charge is 2.18. The van der Waals surface area contributed by atoms with Crippen LogP contribution in [0.25, 0.3) is 0 Å². The number of nitrogens with one attached hydrogen (secondary N) is 1. The minimum Gasteiger partial charge on any atom is -0.495 e. The van der Waals surface area contributed by atoms with E-state index in [2.05, 4.69) is 10.4 Å². The fourth-order valence-corrected chi connectivity index (χ4v) is 1.90. The van der Waals surface area contributed by atoms with Crippen molar-refractivity contribution in [3.63, 3.8) is 0 Å². The van der Waals surface area contributed by atoms with Gasteiger partial charge in [0.1, 0.15) is 11.3 Å². The van der Waals surface area contributed by atoms with E-state index in [0.29, 0.717) is 36.0 Å². The first-order valence-corrected chi connectivity index (χ1v) is 6.84. The summed E-state index contributed by atoms with van der Waals surface area (Å²) in [7, 11) is 1.56. The summed E-state index contributed by atoms with van der Waals surface area (Å²) in [5, 5.41) is 7.04. The number of nitrogens with zero attached hydrogens (tertiary/aromatic N) is 2. The van der Waals surface area contributed by atoms with E-state index < -0.39 is 0 Å². The van der Waals surface area contributed by atoms with E-state index >= 15 is 0 Å². The zero-order valence-electron chi connectivity index (χ0n) is 12.4. The molecule has 112 valence electrons. The molecule has 21 heavy (non-hydrogen) atoms. The van der Waals surface area contributed by atoms with Crippen LogP contribution in [-0.2, 0) is 6.54 Å². The summed E-state index contributed by atoms with van der Waals surface area (Å²) < 4.78 is 12.3. The molecule has 0 saturated carbocycles. The number of methoxy groups -OCH3 is 1. The van der Waals surface area contributed by atoms with Gasteiger partial charge in [0.15, 0.2) is 0 Å². The maximum Gasteiger partial charge on any atom is 0.262 e. The molecule has 6 nitrogen and oxygen atoms in total. The number of amides is 1. The Balaban J connectivity index is 2.25. The average Bonchev–Trinajstić information content (AvgIpc) is 2.91. The van der Waals surface area contributed by atoms with Crippen molar-refractivity contribution in [3.05, 3.63) is 36.0 Å². The van der Waals surface area contributed by atoms with Crippen molar-refractivity contribution in [1.82, 2.24) is 9.78 Å². The van der Waals surface area contributed by atoms with E-state index in [1.54, 1.807) is 30.1 Å². The molecular weight excluding hydrogens is 270 g/mol. The van der Waals surface area contributed by atoms with Crippen molar-refractivity contribution < 1.29 is 14.3 Å². The van der Waals surface area contributed by atoms with Gasteiger partial charge < -0.3 is 14.8 Å². The molecular formula is C15H19N3O3. The number of para-hydroxylation sites is 2. The lowest BCUT2D eigenvalue weighted by Gasteiger charge is -2.09. The van der Waals surface area contributed by atoms with Gasteiger partial charge in [-0.3, -0.25) is 9.48 Å². The second kappa shape index (κ2) is 6.78. The van der Waals surface area contributed by atoms with Gasteiger partial charge in [-0.25, -0.2) is 0 Å². The summed E-state index contributed by atoms with van der Waals surface area (Å²) in [4.78, 5) is 12.4. The molecule has 0 fully saturated rings. The lowest BCUT2D eigenvalue weighted by atomic mass is 10.2. The highest BCUT2D eigenvalue weighted by Crippen LogP contribution is 2.25. The number of ether oxygens (including phenoxy) is 2. The van der Waals surface area contributed by atoms with Gasteiger partial charge in [-0.15, -0.1) is 5.10 Å². The molecule has 2 aromatic rings. The molecule has 6 heteroatoms. The molecule has 0 aliphatic carbocycles. The SMILES string of the molecule is CCOc1nn(CC)cc1C(=O)Nc1ccccc1OC. The molecule has 0 bridgehead atoms. The summed E-state index contributed by atoms with van der Waals surface area (Å²) in [5.74, 6) is 0.668. The van der Waals surface area contributed by atoms with Crippen LogP contribution in [-0.4, -0.2) is 29.4 Å². The predicted octanol–water partition coefficient (Wildman–Crippen LogP) is 2.56. The van der Waals surface area contributed by atoms with Gasteiger partial charge in [-0.05, 0) is 26.0 Å². The number of rotatable bonds is 6. The number of aryl methyl sites for hydroxylation is 1. The van der Waals surface area contributed by atoms with Gasteiger partial charge in [0.2, 0.25) is 5.88 Å². The fraction of sp³-hybridized carbons (Fsp3) is 0.333. The molecule has 1 N–H and O–H groups in total. The third-order valence-corrected chi connectivity index (χ3v) is 2.93. The van der Waals surface area contributed by atoms with Crippen molar-refractivity contribution in [2.75, 3.05) is 19.0 Å². The summed E-state index contributed by atoms with van der Waals surface area (Å²) >= 11 is 0. The molecule has 1 aromatic carbocycles. The van der Waals surface area contributed by atoms with Gasteiger partial charge >= 0.3 is 0 Å². The third kappa shape index (κ3) is 3.34. The van der Waals surface area contributed by atoms with Crippen molar-refractivity contribution in [1.29, 1.82) is 0 Å². The smallest absolute Gasteiger partial charge is 0.262 e. The third-order valence-electron chi connectivity index (χ3n) is 2.93. The van der Waals surface area contributed by atoms with Gasteiger partial charge in [0.25, 0.3) is 5.91 Å². The largest absolute Gasteiger partial charge is 0.495 e. The Kier molecular flexibility index (Phi) is 4.81. The average molecular weight is 289 g/mol. The Morgan fingerprint density at radius 2 is 2.10 bits per heavy atom. The molecule has 0 atom stereocenters. The van der Waals surface area contributed by atoms with Crippen LogP contribution in [0.3, 0.4) is 0 Å². The lowest BCUT2D eigenvalue weighted by molar-refractivity contribution is 0.102. The first-order chi connectivity index (χ1) is 10.2. The van der Waals surface area contributed by atoms with Gasteiger partial charge in [-0.2, -0.15) is 0 Å². The molecule has 1 amide bonds. The maximum atomic E-state index is 12.4. The standard InChI is InChI=1S/C15H19N3O3/c1-4-18-10-11(15(17-18)21-5-2)14(19)16-12-8-6-7-9-13(12)20-3/h6-10H,4-5H2,1-3H3,(H,16,19). The summed E-state index contributed by atoms with van der Waals surface area (Å²) in [5.41, 5.74) is 1.02. The van der Waals surface area contributed by atoms with E-state index in [-0.39, 0.29) is 5.91 Å². The summed E-state index contributed by atoms with van der Waals surface area (Å²) in [6, 6.07) is 7.24. The van der Waals surface area contributed by atoms with Crippen molar-refractivity contribution in [3.8, 4) is 11.6 Å². The normalized spacial score (nSPS) is 10.2. The first kappa shape index (κ1) is 14.9. The van der Waals surface area contributed by atoms with Crippen LogP contribution in [0.1, 0.15) is 24.2 Å². The number of aromatic nitrogens is 2. The van der Waals surface area contributed by atoms with Gasteiger partial charge in [0.05, 0.1) is 19.4 Å². The molecule has 1 aromatic heterocycles. The predicted molar refractivity (Wildman–Crippen MR) is 80.0 cm³/mol. The number of hydrogen-bond acceptors (Lipinski definition) is 4. The van der Waals surface area contributed by atoms with E-state index in [9.17, 15) is 4.79 Å². The van der Waals surface area contributed by atoms with Crippen LogP contribution in [0.5, 0.6) is 11.6 Å². The van der Waals surface area contributed by atoms with E-state index in [0.717, 1.165) is 0 Å². The minimum absolute atomic E-state index is 0.275. The Labute approximate surface area is 123 Å². The second-order valence-electron chi connectivity index (χ2n) is 4.29. The molecule has 0 unspecified atom stereocenters. The lowest BCUT2D eigenvalue weighted by Crippen LogP contribution is -2.13. The van der Waals surface area contributed by atoms with Crippen molar-refractivity contribution in [2.45, 2.75) is 20.4 Å². The van der Waals surface area contributed by atoms with Crippen LogP contribution in [0, 0.1) is 0 Å². The number of benzene rings is 1. The van der Waals surface area contributed by atoms with Crippen LogP contribution < -0.4 is 14.8 Å². The summed E-state index contributed by atoms with van der Waals surface area (Å²) in [6.45, 7) is 4.93. The molecule has 2 rings (SSSR count). The van der Waals surface area contributed by atoms with Crippen LogP contribution >= 0.6 is 0 Å². The molecule has 1 heterocycles. The van der Waals surface area contributed by atoms with Crippen LogP contribution in [0.4, 0.5) is 5.69 Å². The van der Waals surface area contributed by atoms with Crippen molar-refractivity contribution in [2.24, 2.45) is 0 Å². The van der Waals surface area contributed by atoms with E-state index in [1.165, 1.54) is 0 Å². The van der Waals surface area contributed by atoms with Gasteiger partial charge in [-0.1, -0.05) is 12.1 Å². The highest BCUT2D eigenvalue weighted by atomic mass is 16.5. The Morgan fingerprint density at radius 3 is 2.76 bits per heavy atom. The summed E-state index contributed by atoms with van der Waals surface area (Å²) in [6.07, 6.45) is 1.68. The minimum atomic E-state index is -0.275. The second-order valence-corrected chi connectivity index (χ2v) is 4.29. The first-order valence-electron chi connectivity index (χ1n) is 6.84. The number of anilines is 1. The zero-order chi connectivity index (χ0) is 15.2. The molecule has 0 saturated heterocycles. The Hall–Kier alpha value is -2.50. The number of carbonyl (C=O) groups is 1. The molecule has 0 radical (unpaired) electrons. The number of hydrogen-bond donors (Lipinski definition) is 1. The Morgan fingerprint density at radius 1 is 1.33 bits per heavy atom. The Bertz CT molecular complexity index is 622. The zero-order valence-corrected chi connectivity index (χ0v) is 12.4. The van der Waals surface area contributed by atoms with Gasteiger partial charge in [0, 0.05) is 12.7 Å². The van der Waals surface area contributed by atoms with Crippen molar-refractivity contribution >= 4 is 11.6 Å². The van der Waals surface area contributed by atoms with Crippen LogP contribution in [0.2, 0.25) is 0 Å². The molecule has 0 aliphatic heterocycles. The monoisotopic (exact) mass is 289 g/mol.